The molecule has 1 nitrogen and oxygen atoms in total. The summed E-state index contributed by atoms with van der Waals surface area (Å²) in [5, 5.41) is 0. The first kappa shape index (κ1) is 10.6. The summed E-state index contributed by atoms with van der Waals surface area (Å²) in [7, 11) is 0. The standard InChI is InChI=1S/C12H20OS/c1-12(2,8-14-13)7-11-6-9-3-4-10(11)5-9/h3-4,9-11,13H,5-8H2,1-2H3. The summed E-state index contributed by atoms with van der Waals surface area (Å²) in [6.07, 6.45) is 8.87. The molecule has 14 heavy (non-hydrogen) atoms. The number of allylic oxidation sites excluding steroid dienone is 2. The Labute approximate surface area is 91.2 Å². The lowest BCUT2D eigenvalue weighted by Gasteiger charge is -2.29. The van der Waals surface area contributed by atoms with Gasteiger partial charge in [0.15, 0.2) is 0 Å². The van der Waals surface area contributed by atoms with Gasteiger partial charge in [-0.2, -0.15) is 0 Å². The summed E-state index contributed by atoms with van der Waals surface area (Å²) >= 11 is 0.994. The third-order valence-corrected chi connectivity index (χ3v) is 4.60. The molecule has 2 aliphatic rings. The second kappa shape index (κ2) is 3.90. The highest BCUT2D eigenvalue weighted by Gasteiger charge is 2.38. The van der Waals surface area contributed by atoms with Crippen LogP contribution in [-0.4, -0.2) is 10.3 Å². The van der Waals surface area contributed by atoms with Crippen molar-refractivity contribution >= 4 is 12.0 Å². The zero-order valence-electron chi connectivity index (χ0n) is 9.07. The van der Waals surface area contributed by atoms with Crippen molar-refractivity contribution in [3.05, 3.63) is 12.2 Å². The maximum atomic E-state index is 8.91. The van der Waals surface area contributed by atoms with Crippen molar-refractivity contribution in [2.24, 2.45) is 23.2 Å². The zero-order chi connectivity index (χ0) is 10.2. The highest BCUT2D eigenvalue weighted by Crippen LogP contribution is 2.48. The molecule has 0 aromatic heterocycles. The molecule has 2 aliphatic carbocycles. The largest absolute Gasteiger partial charge is 0.330 e. The van der Waals surface area contributed by atoms with Crippen molar-refractivity contribution in [3.8, 4) is 0 Å². The van der Waals surface area contributed by atoms with Crippen molar-refractivity contribution in [2.75, 3.05) is 5.75 Å². The fraction of sp³-hybridized carbons (Fsp3) is 0.833. The Morgan fingerprint density at radius 3 is 2.64 bits per heavy atom. The van der Waals surface area contributed by atoms with Crippen LogP contribution in [0, 0.1) is 23.2 Å². The van der Waals surface area contributed by atoms with Gasteiger partial charge in [0.25, 0.3) is 0 Å². The van der Waals surface area contributed by atoms with E-state index in [1.54, 1.807) is 0 Å². The summed E-state index contributed by atoms with van der Waals surface area (Å²) in [4.78, 5) is 0. The van der Waals surface area contributed by atoms with E-state index in [1.165, 1.54) is 19.3 Å². The molecule has 0 radical (unpaired) electrons. The highest BCUT2D eigenvalue weighted by atomic mass is 32.2. The summed E-state index contributed by atoms with van der Waals surface area (Å²) in [5.74, 6) is 3.47. The van der Waals surface area contributed by atoms with Crippen LogP contribution in [0.25, 0.3) is 0 Å². The molecular formula is C12H20OS. The van der Waals surface area contributed by atoms with Crippen LogP contribution < -0.4 is 0 Å². The normalized spacial score (nSPS) is 35.5. The van der Waals surface area contributed by atoms with Gasteiger partial charge >= 0.3 is 0 Å². The molecule has 0 spiro atoms. The highest BCUT2D eigenvalue weighted by molar-refractivity contribution is 7.93. The molecule has 2 heteroatoms. The summed E-state index contributed by atoms with van der Waals surface area (Å²) in [5.41, 5.74) is 0.294. The molecule has 0 aliphatic heterocycles. The molecule has 2 rings (SSSR count). The van der Waals surface area contributed by atoms with Crippen molar-refractivity contribution in [1.82, 2.24) is 0 Å². The van der Waals surface area contributed by atoms with Gasteiger partial charge in [0.1, 0.15) is 0 Å². The molecular weight excluding hydrogens is 192 g/mol. The van der Waals surface area contributed by atoms with Crippen LogP contribution >= 0.6 is 12.0 Å². The molecule has 3 unspecified atom stereocenters. The van der Waals surface area contributed by atoms with Gasteiger partial charge < -0.3 is 4.55 Å². The SMILES string of the molecule is CC(C)(CSO)CC1CC2C=CC1C2. The lowest BCUT2D eigenvalue weighted by atomic mass is 9.79. The number of hydrogen-bond donors (Lipinski definition) is 1. The van der Waals surface area contributed by atoms with Crippen LogP contribution in [0.1, 0.15) is 33.1 Å². The fourth-order valence-corrected chi connectivity index (χ4v) is 3.54. The Morgan fingerprint density at radius 1 is 1.36 bits per heavy atom. The van der Waals surface area contributed by atoms with Crippen molar-refractivity contribution < 1.29 is 4.55 Å². The Kier molecular flexibility index (Phi) is 2.94. The first-order valence-electron chi connectivity index (χ1n) is 5.55. The van der Waals surface area contributed by atoms with Gasteiger partial charge in [0.2, 0.25) is 0 Å². The molecule has 80 valence electrons. The Balaban J connectivity index is 1.89. The van der Waals surface area contributed by atoms with Gasteiger partial charge in [-0.05, 0) is 54.5 Å². The van der Waals surface area contributed by atoms with E-state index in [0.717, 1.165) is 35.5 Å². The number of fused-ring (bicyclic) bond motifs is 2. The van der Waals surface area contributed by atoms with Crippen LogP contribution in [0.5, 0.6) is 0 Å². The first-order chi connectivity index (χ1) is 6.61. The molecule has 0 aromatic rings. The third-order valence-electron chi connectivity index (χ3n) is 3.69. The van der Waals surface area contributed by atoms with Crippen molar-refractivity contribution in [2.45, 2.75) is 33.1 Å². The molecule has 0 heterocycles. The van der Waals surface area contributed by atoms with Crippen molar-refractivity contribution in [3.63, 3.8) is 0 Å². The molecule has 2 bridgehead atoms. The summed E-state index contributed by atoms with van der Waals surface area (Å²) in [6.45, 7) is 4.54. The summed E-state index contributed by atoms with van der Waals surface area (Å²) < 4.78 is 8.91. The van der Waals surface area contributed by atoms with Crippen LogP contribution in [0.4, 0.5) is 0 Å². The van der Waals surface area contributed by atoms with Gasteiger partial charge in [-0.3, -0.25) is 0 Å². The van der Waals surface area contributed by atoms with Gasteiger partial charge in [-0.15, -0.1) is 0 Å². The maximum absolute atomic E-state index is 8.91. The zero-order valence-corrected chi connectivity index (χ0v) is 9.89. The second-order valence-electron chi connectivity index (χ2n) is 5.68. The Morgan fingerprint density at radius 2 is 2.14 bits per heavy atom. The Hall–Kier alpha value is 0.0500. The first-order valence-corrected chi connectivity index (χ1v) is 6.50. The lowest BCUT2D eigenvalue weighted by Crippen LogP contribution is -2.22. The van der Waals surface area contributed by atoms with Crippen molar-refractivity contribution in [1.29, 1.82) is 0 Å². The van der Waals surface area contributed by atoms with Gasteiger partial charge in [0.05, 0.1) is 0 Å². The number of rotatable bonds is 4. The molecule has 0 aromatic carbocycles. The van der Waals surface area contributed by atoms with E-state index in [0.29, 0.717) is 5.41 Å². The van der Waals surface area contributed by atoms with E-state index >= 15 is 0 Å². The van der Waals surface area contributed by atoms with Gasteiger partial charge in [0, 0.05) is 5.75 Å². The van der Waals surface area contributed by atoms with Gasteiger partial charge in [-0.25, -0.2) is 0 Å². The average Bonchev–Trinajstić information content (AvgIpc) is 2.63. The fourth-order valence-electron chi connectivity index (χ4n) is 3.07. The van der Waals surface area contributed by atoms with E-state index < -0.39 is 0 Å². The Bertz CT molecular complexity index is 234. The smallest absolute Gasteiger partial charge is 0.0246 e. The molecule has 0 amide bonds. The molecule has 3 atom stereocenters. The van der Waals surface area contributed by atoms with E-state index in [9.17, 15) is 0 Å². The predicted molar refractivity (Wildman–Crippen MR) is 62.3 cm³/mol. The van der Waals surface area contributed by atoms with E-state index in [4.69, 9.17) is 4.55 Å². The molecule has 1 saturated carbocycles. The second-order valence-corrected chi connectivity index (χ2v) is 6.23. The van der Waals surface area contributed by atoms with Crippen LogP contribution in [0.2, 0.25) is 0 Å². The topological polar surface area (TPSA) is 20.2 Å². The quantitative estimate of drug-likeness (QED) is 0.564. The van der Waals surface area contributed by atoms with Crippen LogP contribution in [-0.2, 0) is 0 Å². The van der Waals surface area contributed by atoms with Crippen LogP contribution in [0.15, 0.2) is 12.2 Å². The molecule has 0 saturated heterocycles. The molecule has 1 fully saturated rings. The van der Waals surface area contributed by atoms with E-state index in [1.807, 2.05) is 0 Å². The molecule has 1 N–H and O–H groups in total. The van der Waals surface area contributed by atoms with E-state index in [2.05, 4.69) is 26.0 Å². The predicted octanol–water partition coefficient (Wildman–Crippen LogP) is 3.82. The maximum Gasteiger partial charge on any atom is 0.0246 e. The third kappa shape index (κ3) is 2.17. The minimum Gasteiger partial charge on any atom is -0.330 e. The minimum atomic E-state index is 0.294. The number of hydrogen-bond acceptors (Lipinski definition) is 2. The lowest BCUT2D eigenvalue weighted by molar-refractivity contribution is 0.270. The summed E-state index contributed by atoms with van der Waals surface area (Å²) in [6, 6.07) is 0. The minimum absolute atomic E-state index is 0.294. The van der Waals surface area contributed by atoms with E-state index in [-0.39, 0.29) is 0 Å². The van der Waals surface area contributed by atoms with Gasteiger partial charge in [-0.1, -0.05) is 26.0 Å². The average molecular weight is 212 g/mol. The monoisotopic (exact) mass is 212 g/mol. The van der Waals surface area contributed by atoms with Crippen LogP contribution in [0.3, 0.4) is 0 Å².